The van der Waals surface area contributed by atoms with Crippen LogP contribution in [-0.2, 0) is 13.0 Å². The highest BCUT2D eigenvalue weighted by Crippen LogP contribution is 2.40. The minimum atomic E-state index is -0.938. The molecule has 1 N–H and O–H groups in total. The van der Waals surface area contributed by atoms with Crippen molar-refractivity contribution in [3.05, 3.63) is 63.5 Å². The van der Waals surface area contributed by atoms with Gasteiger partial charge in [-0.1, -0.05) is 30.3 Å². The molecule has 6 nitrogen and oxygen atoms in total. The maximum Gasteiger partial charge on any atom is 0.408 e. The lowest BCUT2D eigenvalue weighted by atomic mass is 10.0. The third-order valence-corrected chi connectivity index (χ3v) is 6.16. The predicted octanol–water partition coefficient (Wildman–Crippen LogP) is 4.09. The summed E-state index contributed by atoms with van der Waals surface area (Å²) in [5.74, 6) is 1.46. The predicted molar refractivity (Wildman–Crippen MR) is 99.9 cm³/mol. The maximum atomic E-state index is 11.9. The van der Waals surface area contributed by atoms with Crippen LogP contribution in [0.4, 0.5) is 4.79 Å². The molecule has 0 spiro atoms. The smallest absolute Gasteiger partial charge is 0.408 e. The third-order valence-electron chi connectivity index (χ3n) is 4.99. The second-order valence-electron chi connectivity index (χ2n) is 6.61. The van der Waals surface area contributed by atoms with Gasteiger partial charge >= 0.3 is 6.09 Å². The Balaban J connectivity index is 1.90. The fourth-order valence-corrected chi connectivity index (χ4v) is 4.80. The van der Waals surface area contributed by atoms with Crippen LogP contribution in [0.15, 0.2) is 30.3 Å². The molecule has 26 heavy (non-hydrogen) atoms. The summed E-state index contributed by atoms with van der Waals surface area (Å²) in [6, 6.07) is 9.93. The molecule has 0 saturated heterocycles. The standard InChI is InChI=1S/C19H20N4O2S/c1-11-17-21-20-13(3)23(17)18-16(10-22(11)19(24)25)15(12(2)26-18)9-14-7-5-4-6-8-14/h4-8,11H,9-10H2,1-3H3,(H,24,25)/t11-/m1/s1. The van der Waals surface area contributed by atoms with Crippen molar-refractivity contribution < 1.29 is 9.90 Å². The second-order valence-corrected chi connectivity index (χ2v) is 7.81. The van der Waals surface area contributed by atoms with Crippen LogP contribution in [0, 0.1) is 13.8 Å². The minimum absolute atomic E-state index is 0.349. The molecule has 1 aliphatic heterocycles. The number of rotatable bonds is 2. The SMILES string of the molecule is Cc1sc2c(c1Cc1ccccc1)CN(C(=O)O)[C@H](C)c1nnc(C)n1-2. The zero-order valence-electron chi connectivity index (χ0n) is 14.9. The minimum Gasteiger partial charge on any atom is -0.465 e. The van der Waals surface area contributed by atoms with E-state index in [1.807, 2.05) is 36.6 Å². The van der Waals surface area contributed by atoms with Crippen LogP contribution in [0.1, 0.15) is 46.2 Å². The van der Waals surface area contributed by atoms with Crippen molar-refractivity contribution in [1.82, 2.24) is 19.7 Å². The van der Waals surface area contributed by atoms with E-state index in [1.165, 1.54) is 20.9 Å². The van der Waals surface area contributed by atoms with Gasteiger partial charge in [-0.25, -0.2) is 4.79 Å². The van der Waals surface area contributed by atoms with E-state index < -0.39 is 6.09 Å². The molecule has 4 rings (SSSR count). The van der Waals surface area contributed by atoms with Crippen molar-refractivity contribution >= 4 is 17.4 Å². The number of aromatic nitrogens is 3. The van der Waals surface area contributed by atoms with Crippen LogP contribution in [0.3, 0.4) is 0 Å². The zero-order chi connectivity index (χ0) is 18.4. The van der Waals surface area contributed by atoms with Gasteiger partial charge < -0.3 is 5.11 Å². The van der Waals surface area contributed by atoms with Crippen molar-refractivity contribution in [3.63, 3.8) is 0 Å². The molecule has 1 aliphatic rings. The molecule has 0 saturated carbocycles. The van der Waals surface area contributed by atoms with Gasteiger partial charge in [0.05, 0.1) is 12.6 Å². The number of amides is 1. The van der Waals surface area contributed by atoms with Gasteiger partial charge in [0.25, 0.3) is 0 Å². The maximum absolute atomic E-state index is 11.9. The number of benzene rings is 1. The van der Waals surface area contributed by atoms with Crippen LogP contribution in [0.2, 0.25) is 0 Å². The fourth-order valence-electron chi connectivity index (χ4n) is 3.56. The van der Waals surface area contributed by atoms with E-state index >= 15 is 0 Å². The van der Waals surface area contributed by atoms with Crippen molar-refractivity contribution in [2.75, 3.05) is 0 Å². The highest BCUT2D eigenvalue weighted by molar-refractivity contribution is 7.14. The summed E-state index contributed by atoms with van der Waals surface area (Å²) in [6.07, 6.45) is -0.149. The van der Waals surface area contributed by atoms with E-state index in [1.54, 1.807) is 11.3 Å². The van der Waals surface area contributed by atoms with E-state index in [0.29, 0.717) is 12.4 Å². The van der Waals surface area contributed by atoms with E-state index in [0.717, 1.165) is 22.8 Å². The van der Waals surface area contributed by atoms with Crippen molar-refractivity contribution in [2.45, 2.75) is 39.8 Å². The van der Waals surface area contributed by atoms with Crippen molar-refractivity contribution in [2.24, 2.45) is 0 Å². The Morgan fingerprint density at radius 3 is 2.69 bits per heavy atom. The first-order chi connectivity index (χ1) is 12.5. The van der Waals surface area contributed by atoms with Crippen LogP contribution in [-0.4, -0.2) is 30.9 Å². The molecule has 0 bridgehead atoms. The summed E-state index contributed by atoms with van der Waals surface area (Å²) in [7, 11) is 0. The monoisotopic (exact) mass is 368 g/mol. The summed E-state index contributed by atoms with van der Waals surface area (Å²) in [5.41, 5.74) is 3.49. The quantitative estimate of drug-likeness (QED) is 0.739. The Labute approximate surface area is 155 Å². The number of thiophene rings is 1. The number of carboxylic acid groups (broad SMARTS) is 1. The van der Waals surface area contributed by atoms with Gasteiger partial charge in [-0.05, 0) is 38.3 Å². The van der Waals surface area contributed by atoms with Gasteiger partial charge in [-0.15, -0.1) is 21.5 Å². The van der Waals surface area contributed by atoms with Crippen LogP contribution in [0.25, 0.3) is 5.00 Å². The number of aryl methyl sites for hydroxylation is 2. The molecule has 0 aliphatic carbocycles. The Kier molecular flexibility index (Phi) is 4.03. The molecule has 3 aromatic rings. The molecule has 1 aromatic carbocycles. The molecular formula is C19H20N4O2S. The summed E-state index contributed by atoms with van der Waals surface area (Å²) in [4.78, 5) is 14.5. The topological polar surface area (TPSA) is 71.2 Å². The van der Waals surface area contributed by atoms with Gasteiger partial charge in [0.1, 0.15) is 10.8 Å². The second kappa shape index (κ2) is 6.25. The van der Waals surface area contributed by atoms with Gasteiger partial charge in [0, 0.05) is 10.4 Å². The van der Waals surface area contributed by atoms with E-state index in [4.69, 9.17) is 0 Å². The molecule has 0 fully saturated rings. The lowest BCUT2D eigenvalue weighted by Gasteiger charge is -2.23. The molecule has 134 valence electrons. The van der Waals surface area contributed by atoms with Crippen molar-refractivity contribution in [3.8, 4) is 5.00 Å². The van der Waals surface area contributed by atoms with Gasteiger partial charge in [-0.2, -0.15) is 0 Å². The zero-order valence-corrected chi connectivity index (χ0v) is 15.7. The van der Waals surface area contributed by atoms with Gasteiger partial charge in [0.2, 0.25) is 0 Å². The van der Waals surface area contributed by atoms with Crippen LogP contribution < -0.4 is 0 Å². The lowest BCUT2D eigenvalue weighted by Crippen LogP contribution is -2.31. The molecule has 3 heterocycles. The average molecular weight is 368 g/mol. The lowest BCUT2D eigenvalue weighted by molar-refractivity contribution is 0.123. The number of hydrogen-bond acceptors (Lipinski definition) is 4. The van der Waals surface area contributed by atoms with Crippen LogP contribution >= 0.6 is 11.3 Å². The molecule has 2 aromatic heterocycles. The first-order valence-corrected chi connectivity index (χ1v) is 9.36. The highest BCUT2D eigenvalue weighted by Gasteiger charge is 2.34. The van der Waals surface area contributed by atoms with Crippen LogP contribution in [0.5, 0.6) is 0 Å². The number of hydrogen-bond donors (Lipinski definition) is 1. The summed E-state index contributed by atoms with van der Waals surface area (Å²) < 4.78 is 2.02. The molecule has 1 atom stereocenters. The number of nitrogens with zero attached hydrogens (tertiary/aromatic N) is 4. The first kappa shape index (κ1) is 16.8. The first-order valence-electron chi connectivity index (χ1n) is 8.54. The number of carbonyl (C=O) groups is 1. The Morgan fingerprint density at radius 1 is 1.27 bits per heavy atom. The number of fused-ring (bicyclic) bond motifs is 3. The normalized spacial score (nSPS) is 16.1. The van der Waals surface area contributed by atoms with E-state index in [9.17, 15) is 9.90 Å². The highest BCUT2D eigenvalue weighted by atomic mass is 32.1. The van der Waals surface area contributed by atoms with Gasteiger partial charge in [-0.3, -0.25) is 9.47 Å². The van der Waals surface area contributed by atoms with Gasteiger partial charge in [0.15, 0.2) is 5.82 Å². The van der Waals surface area contributed by atoms with Crippen molar-refractivity contribution in [1.29, 1.82) is 0 Å². The molecule has 1 amide bonds. The summed E-state index contributed by atoms with van der Waals surface area (Å²) in [6.45, 7) is 6.25. The Bertz CT molecular complexity index is 977. The third kappa shape index (κ3) is 2.59. The summed E-state index contributed by atoms with van der Waals surface area (Å²) >= 11 is 1.69. The molecule has 7 heteroatoms. The molecule has 0 radical (unpaired) electrons. The Morgan fingerprint density at radius 2 is 2.00 bits per heavy atom. The average Bonchev–Trinajstić information content (AvgIpc) is 3.09. The Hall–Kier alpha value is -2.67. The molecule has 0 unspecified atom stereocenters. The summed E-state index contributed by atoms with van der Waals surface area (Å²) in [5, 5.41) is 19.3. The van der Waals surface area contributed by atoms with E-state index in [-0.39, 0.29) is 6.04 Å². The largest absolute Gasteiger partial charge is 0.465 e. The van der Waals surface area contributed by atoms with E-state index in [2.05, 4.69) is 29.3 Å². The molecular weight excluding hydrogens is 348 g/mol. The fraction of sp³-hybridized carbons (Fsp3) is 0.316.